The molecule has 2 aliphatic rings. The first-order chi connectivity index (χ1) is 14.3. The van der Waals surface area contributed by atoms with Gasteiger partial charge in [0.1, 0.15) is 5.82 Å². The Morgan fingerprint density at radius 2 is 2.07 bits per heavy atom. The Morgan fingerprint density at radius 3 is 2.73 bits per heavy atom. The molecule has 7 nitrogen and oxygen atoms in total. The third kappa shape index (κ3) is 3.73. The third-order valence-electron chi connectivity index (χ3n) is 6.08. The molecule has 3 aromatic rings. The van der Waals surface area contributed by atoms with Crippen molar-refractivity contribution in [1.82, 2.24) is 19.9 Å². The summed E-state index contributed by atoms with van der Waals surface area (Å²) >= 11 is 0. The van der Waals surface area contributed by atoms with Gasteiger partial charge in [0, 0.05) is 17.7 Å². The molecule has 2 saturated carbocycles. The van der Waals surface area contributed by atoms with Gasteiger partial charge in [0.15, 0.2) is 0 Å². The van der Waals surface area contributed by atoms with Gasteiger partial charge in [-0.05, 0) is 56.4 Å². The number of rotatable bonds is 6. The first-order valence-corrected chi connectivity index (χ1v) is 10.9. The lowest BCUT2D eigenvalue weighted by Gasteiger charge is -2.17. The molecule has 0 bridgehead atoms. The van der Waals surface area contributed by atoms with Crippen molar-refractivity contribution in [2.24, 2.45) is 11.3 Å². The first-order valence-electron chi connectivity index (χ1n) is 10.9. The maximum Gasteiger partial charge on any atom is 0.259 e. The van der Waals surface area contributed by atoms with Crippen LogP contribution in [-0.2, 0) is 6.42 Å². The van der Waals surface area contributed by atoms with Gasteiger partial charge in [0.25, 0.3) is 11.6 Å². The van der Waals surface area contributed by atoms with Crippen LogP contribution in [0.25, 0.3) is 11.1 Å². The summed E-state index contributed by atoms with van der Waals surface area (Å²) in [7, 11) is 0. The molecule has 1 N–H and O–H groups in total. The van der Waals surface area contributed by atoms with E-state index in [0.29, 0.717) is 29.5 Å². The van der Waals surface area contributed by atoms with Crippen LogP contribution in [0.5, 0.6) is 0 Å². The summed E-state index contributed by atoms with van der Waals surface area (Å²) in [5, 5.41) is 12.6. The number of anilines is 1. The van der Waals surface area contributed by atoms with Crippen molar-refractivity contribution in [2.75, 3.05) is 5.32 Å². The van der Waals surface area contributed by atoms with Crippen molar-refractivity contribution >= 4 is 22.8 Å². The Morgan fingerprint density at radius 1 is 1.30 bits per heavy atom. The third-order valence-corrected chi connectivity index (χ3v) is 6.08. The Kier molecular flexibility index (Phi) is 4.45. The summed E-state index contributed by atoms with van der Waals surface area (Å²) < 4.78 is 7.51. The maximum absolute atomic E-state index is 13.4. The fourth-order valence-electron chi connectivity index (χ4n) is 4.12. The second kappa shape index (κ2) is 6.93. The number of carbonyl (C=O) groups is 1. The van der Waals surface area contributed by atoms with E-state index in [4.69, 9.17) is 4.52 Å². The molecule has 3 heterocycles. The van der Waals surface area contributed by atoms with Crippen LogP contribution < -0.4 is 5.32 Å². The van der Waals surface area contributed by atoms with Crippen molar-refractivity contribution in [3.05, 3.63) is 35.3 Å². The highest BCUT2D eigenvalue weighted by atomic mass is 16.5. The van der Waals surface area contributed by atoms with Gasteiger partial charge in [-0.1, -0.05) is 25.9 Å². The Bertz CT molecular complexity index is 1100. The zero-order valence-corrected chi connectivity index (χ0v) is 18.1. The molecule has 158 valence electrons. The molecular weight excluding hydrogens is 378 g/mol. The summed E-state index contributed by atoms with van der Waals surface area (Å²) in [6, 6.07) is 4.08. The van der Waals surface area contributed by atoms with Crippen LogP contribution >= 0.6 is 0 Å². The van der Waals surface area contributed by atoms with E-state index in [-0.39, 0.29) is 17.4 Å². The topological polar surface area (TPSA) is 85.8 Å². The molecular formula is C23H29N5O2. The number of hydrogen-bond acceptors (Lipinski definition) is 5. The molecule has 1 atom stereocenters. The molecule has 1 unspecified atom stereocenters. The van der Waals surface area contributed by atoms with Crippen LogP contribution in [0.1, 0.15) is 87.1 Å². The van der Waals surface area contributed by atoms with E-state index < -0.39 is 0 Å². The minimum Gasteiger partial charge on any atom is -0.336 e. The maximum atomic E-state index is 13.4. The van der Waals surface area contributed by atoms with Gasteiger partial charge < -0.3 is 9.84 Å². The molecule has 1 amide bonds. The smallest absolute Gasteiger partial charge is 0.259 e. The van der Waals surface area contributed by atoms with Gasteiger partial charge in [-0.15, -0.1) is 0 Å². The summed E-state index contributed by atoms with van der Waals surface area (Å²) in [5.74, 6) is 1.63. The van der Waals surface area contributed by atoms with E-state index >= 15 is 0 Å². The van der Waals surface area contributed by atoms with Crippen molar-refractivity contribution in [1.29, 1.82) is 0 Å². The number of hydrogen-bond donors (Lipinski definition) is 1. The number of fused-ring (bicyclic) bond motifs is 1. The van der Waals surface area contributed by atoms with Crippen LogP contribution in [0.2, 0.25) is 0 Å². The fraction of sp³-hybridized carbons (Fsp3) is 0.565. The van der Waals surface area contributed by atoms with Crippen molar-refractivity contribution in [3.8, 4) is 0 Å². The number of aromatic nitrogens is 4. The number of amides is 1. The van der Waals surface area contributed by atoms with E-state index in [1.807, 2.05) is 16.8 Å². The van der Waals surface area contributed by atoms with Gasteiger partial charge in [0.05, 0.1) is 28.9 Å². The molecule has 0 saturated heterocycles. The highest BCUT2D eigenvalue weighted by Gasteiger charge is 2.32. The molecule has 2 aliphatic carbocycles. The molecule has 0 aromatic carbocycles. The van der Waals surface area contributed by atoms with Crippen molar-refractivity contribution in [2.45, 2.75) is 71.8 Å². The van der Waals surface area contributed by atoms with Crippen molar-refractivity contribution < 1.29 is 9.32 Å². The van der Waals surface area contributed by atoms with Crippen LogP contribution in [0.4, 0.5) is 5.82 Å². The van der Waals surface area contributed by atoms with Crippen LogP contribution in [0, 0.1) is 11.3 Å². The first kappa shape index (κ1) is 19.3. The fourth-order valence-corrected chi connectivity index (χ4v) is 4.12. The molecule has 0 radical (unpaired) electrons. The van der Waals surface area contributed by atoms with Crippen LogP contribution in [0.3, 0.4) is 0 Å². The summed E-state index contributed by atoms with van der Waals surface area (Å²) in [6.07, 6.45) is 7.11. The van der Waals surface area contributed by atoms with E-state index in [1.165, 1.54) is 12.8 Å². The molecule has 7 heteroatoms. The zero-order chi connectivity index (χ0) is 21.0. The van der Waals surface area contributed by atoms with Gasteiger partial charge in [-0.2, -0.15) is 5.10 Å². The average molecular weight is 408 g/mol. The summed E-state index contributed by atoms with van der Waals surface area (Å²) in [4.78, 5) is 18.1. The van der Waals surface area contributed by atoms with Gasteiger partial charge >= 0.3 is 0 Å². The molecule has 5 rings (SSSR count). The van der Waals surface area contributed by atoms with E-state index in [9.17, 15) is 4.79 Å². The quantitative estimate of drug-likeness (QED) is 0.614. The van der Waals surface area contributed by atoms with E-state index in [1.54, 1.807) is 6.20 Å². The second-order valence-corrected chi connectivity index (χ2v) is 10.1. The largest absolute Gasteiger partial charge is 0.336 e. The standard InChI is InChI=1S/C23H29N5O2/c1-13(14-5-6-14)28-19(9-10-24-28)26-21(29)16-11-17(15-7-8-15)25-22-20(16)18(27-30-22)12-23(2,3)4/h9-11,13-15H,5-8,12H2,1-4H3,(H,26,29). The molecule has 2 fully saturated rings. The lowest BCUT2D eigenvalue weighted by Crippen LogP contribution is -2.19. The van der Waals surface area contributed by atoms with Gasteiger partial charge in [-0.3, -0.25) is 4.79 Å². The average Bonchev–Trinajstić information content (AvgIpc) is 3.61. The zero-order valence-electron chi connectivity index (χ0n) is 18.1. The Balaban J connectivity index is 1.53. The van der Waals surface area contributed by atoms with E-state index in [2.05, 4.69) is 48.3 Å². The molecule has 3 aromatic heterocycles. The second-order valence-electron chi connectivity index (χ2n) is 10.1. The molecule has 30 heavy (non-hydrogen) atoms. The lowest BCUT2D eigenvalue weighted by molar-refractivity contribution is 0.102. The Labute approximate surface area is 176 Å². The van der Waals surface area contributed by atoms with Gasteiger partial charge in [0.2, 0.25) is 0 Å². The highest BCUT2D eigenvalue weighted by molar-refractivity contribution is 6.12. The van der Waals surface area contributed by atoms with Crippen molar-refractivity contribution in [3.63, 3.8) is 0 Å². The minimum absolute atomic E-state index is 0.0189. The van der Waals surface area contributed by atoms with Crippen LogP contribution in [0.15, 0.2) is 22.9 Å². The number of nitrogens with zero attached hydrogens (tertiary/aromatic N) is 4. The number of carbonyl (C=O) groups excluding carboxylic acids is 1. The minimum atomic E-state index is -0.160. The molecule has 0 spiro atoms. The predicted octanol–water partition coefficient (Wildman–Crippen LogP) is 5.11. The Hall–Kier alpha value is -2.70. The normalized spacial score (nSPS) is 18.0. The molecule has 0 aliphatic heterocycles. The number of nitrogens with one attached hydrogen (secondary N) is 1. The predicted molar refractivity (Wildman–Crippen MR) is 115 cm³/mol. The summed E-state index contributed by atoms with van der Waals surface area (Å²) in [6.45, 7) is 8.61. The SMILES string of the molecule is CC(C1CC1)n1nccc1NC(=O)c1cc(C2CC2)nc2onc(CC(C)(C)C)c12. The lowest BCUT2D eigenvalue weighted by atomic mass is 9.89. The number of pyridine rings is 1. The van der Waals surface area contributed by atoms with Crippen LogP contribution in [-0.4, -0.2) is 25.8 Å². The monoisotopic (exact) mass is 407 g/mol. The summed E-state index contributed by atoms with van der Waals surface area (Å²) in [5.41, 5.74) is 2.78. The van der Waals surface area contributed by atoms with E-state index in [0.717, 1.165) is 35.4 Å². The van der Waals surface area contributed by atoms with Gasteiger partial charge in [-0.25, -0.2) is 9.67 Å². The highest BCUT2D eigenvalue weighted by Crippen LogP contribution is 2.42.